The molecule has 178 valence electrons. The maximum Gasteiger partial charge on any atom is 0.261 e. The molecule has 1 fully saturated rings. The molecule has 34 heavy (non-hydrogen) atoms. The van der Waals surface area contributed by atoms with Crippen molar-refractivity contribution < 1.29 is 13.2 Å². The van der Waals surface area contributed by atoms with E-state index in [0.717, 1.165) is 23.2 Å². The van der Waals surface area contributed by atoms with E-state index in [9.17, 15) is 13.2 Å². The lowest BCUT2D eigenvalue weighted by Crippen LogP contribution is -2.27. The Balaban J connectivity index is 1.51. The highest BCUT2D eigenvalue weighted by Crippen LogP contribution is 2.42. The highest BCUT2D eigenvalue weighted by molar-refractivity contribution is 8.00. The fraction of sp³-hybridized carbons (Fsp3) is 0.296. The maximum absolute atomic E-state index is 12.9. The van der Waals surface area contributed by atoms with E-state index in [2.05, 4.69) is 44.5 Å². The number of carbonyl (C=O) groups is 1. The number of nitrogens with one attached hydrogen (secondary N) is 1. The molecule has 4 rings (SSSR count). The van der Waals surface area contributed by atoms with E-state index in [-0.39, 0.29) is 21.6 Å². The number of amides is 1. The molecule has 5 nitrogen and oxygen atoms in total. The molecule has 1 heterocycles. The van der Waals surface area contributed by atoms with Crippen LogP contribution in [0, 0.1) is 0 Å². The molecule has 7 heteroatoms. The van der Waals surface area contributed by atoms with E-state index in [4.69, 9.17) is 0 Å². The zero-order valence-electron chi connectivity index (χ0n) is 19.9. The minimum Gasteiger partial charge on any atom is -0.295 e. The lowest BCUT2D eigenvalue weighted by atomic mass is 9.87. The van der Waals surface area contributed by atoms with Crippen molar-refractivity contribution in [1.29, 1.82) is 0 Å². The summed E-state index contributed by atoms with van der Waals surface area (Å²) in [6.45, 7) is 8.38. The summed E-state index contributed by atoms with van der Waals surface area (Å²) in [7, 11) is -3.70. The summed E-state index contributed by atoms with van der Waals surface area (Å²) in [4.78, 5) is 14.7. The molecule has 0 spiro atoms. The number of nitrogens with zero attached hydrogens (tertiary/aromatic N) is 1. The van der Waals surface area contributed by atoms with Gasteiger partial charge in [-0.15, -0.1) is 11.8 Å². The number of aryl methyl sites for hydroxylation is 1. The Labute approximate surface area is 206 Å². The summed E-state index contributed by atoms with van der Waals surface area (Å²) in [6, 6.07) is 22.3. The molecular formula is C27H30N2O3S2. The Hall–Kier alpha value is -2.77. The topological polar surface area (TPSA) is 66.5 Å². The zero-order chi connectivity index (χ0) is 24.5. The highest BCUT2D eigenvalue weighted by Gasteiger charge is 2.34. The van der Waals surface area contributed by atoms with Crippen molar-refractivity contribution in [2.75, 3.05) is 15.4 Å². The van der Waals surface area contributed by atoms with Crippen molar-refractivity contribution in [2.24, 2.45) is 0 Å². The van der Waals surface area contributed by atoms with Gasteiger partial charge in [0.05, 0.1) is 10.6 Å². The lowest BCUT2D eigenvalue weighted by molar-refractivity contribution is -0.115. The van der Waals surface area contributed by atoms with E-state index < -0.39 is 10.0 Å². The van der Waals surface area contributed by atoms with Crippen LogP contribution in [0.5, 0.6) is 0 Å². The van der Waals surface area contributed by atoms with Gasteiger partial charge in [0, 0.05) is 11.4 Å². The molecule has 0 radical (unpaired) electrons. The second-order valence-electron chi connectivity index (χ2n) is 9.45. The fourth-order valence-electron chi connectivity index (χ4n) is 3.91. The Morgan fingerprint density at radius 3 is 2.12 bits per heavy atom. The maximum atomic E-state index is 12.9. The van der Waals surface area contributed by atoms with Crippen molar-refractivity contribution in [3.63, 3.8) is 0 Å². The number of sulfonamides is 1. The lowest BCUT2D eigenvalue weighted by Gasteiger charge is -2.24. The first-order chi connectivity index (χ1) is 16.1. The number of hydrogen-bond acceptors (Lipinski definition) is 4. The molecule has 1 aliphatic heterocycles. The van der Waals surface area contributed by atoms with Crippen LogP contribution in [0.2, 0.25) is 0 Å². The largest absolute Gasteiger partial charge is 0.295 e. The van der Waals surface area contributed by atoms with Crippen LogP contribution in [0.25, 0.3) is 0 Å². The molecule has 1 unspecified atom stereocenters. The van der Waals surface area contributed by atoms with Crippen molar-refractivity contribution >= 4 is 39.1 Å². The SMILES string of the molecule is CCc1ccc(N2C(=O)CSC2c2ccc(NS(=O)(=O)c3ccc(C(C)(C)C)cc3)cc2)cc1. The smallest absolute Gasteiger partial charge is 0.261 e. The van der Waals surface area contributed by atoms with Gasteiger partial charge in [0.25, 0.3) is 10.0 Å². The summed E-state index contributed by atoms with van der Waals surface area (Å²) in [5.41, 5.74) is 4.57. The number of benzene rings is 3. The monoisotopic (exact) mass is 494 g/mol. The average Bonchev–Trinajstić information content (AvgIpc) is 3.20. The van der Waals surface area contributed by atoms with Crippen LogP contribution in [0.4, 0.5) is 11.4 Å². The van der Waals surface area contributed by atoms with Gasteiger partial charge < -0.3 is 0 Å². The summed E-state index contributed by atoms with van der Waals surface area (Å²) < 4.78 is 28.4. The van der Waals surface area contributed by atoms with Gasteiger partial charge in [0.1, 0.15) is 5.37 Å². The standard InChI is InChI=1S/C27H30N2O3S2/c1-5-19-6-14-23(15-7-19)29-25(30)18-33-26(29)20-8-12-22(13-9-20)28-34(31,32)24-16-10-21(11-17-24)27(2,3)4/h6-17,26,28H,5,18H2,1-4H3. The van der Waals surface area contributed by atoms with Gasteiger partial charge in [-0.05, 0) is 64.9 Å². The van der Waals surface area contributed by atoms with Crippen molar-refractivity contribution in [1.82, 2.24) is 0 Å². The number of rotatable bonds is 6. The quantitative estimate of drug-likeness (QED) is 0.448. The first-order valence-corrected chi connectivity index (χ1v) is 13.9. The molecule has 1 N–H and O–H groups in total. The third kappa shape index (κ3) is 5.15. The van der Waals surface area contributed by atoms with Crippen molar-refractivity contribution in [2.45, 2.75) is 49.8 Å². The zero-order valence-corrected chi connectivity index (χ0v) is 21.5. The second kappa shape index (κ2) is 9.47. The Morgan fingerprint density at radius 1 is 0.941 bits per heavy atom. The first-order valence-electron chi connectivity index (χ1n) is 11.3. The van der Waals surface area contributed by atoms with Gasteiger partial charge in [0.15, 0.2) is 0 Å². The number of hydrogen-bond donors (Lipinski definition) is 1. The van der Waals surface area contributed by atoms with Crippen LogP contribution < -0.4 is 9.62 Å². The van der Waals surface area contributed by atoms with E-state index in [1.165, 1.54) is 5.56 Å². The molecule has 0 aliphatic carbocycles. The number of thioether (sulfide) groups is 1. The van der Waals surface area contributed by atoms with Gasteiger partial charge in [-0.1, -0.05) is 64.1 Å². The summed E-state index contributed by atoms with van der Waals surface area (Å²) in [5.74, 6) is 0.488. The van der Waals surface area contributed by atoms with Crippen LogP contribution in [-0.4, -0.2) is 20.1 Å². The minimum atomic E-state index is -3.70. The third-order valence-corrected chi connectivity index (χ3v) is 8.58. The van der Waals surface area contributed by atoms with Crippen LogP contribution in [0.15, 0.2) is 77.7 Å². The molecule has 0 saturated carbocycles. The molecule has 0 aromatic heterocycles. The van der Waals surface area contributed by atoms with Gasteiger partial charge in [-0.3, -0.25) is 14.4 Å². The molecule has 1 saturated heterocycles. The van der Waals surface area contributed by atoms with Gasteiger partial charge >= 0.3 is 0 Å². The molecule has 1 atom stereocenters. The summed E-state index contributed by atoms with van der Waals surface area (Å²) in [5, 5.41) is -0.143. The van der Waals surface area contributed by atoms with Gasteiger partial charge in [-0.25, -0.2) is 8.42 Å². The van der Waals surface area contributed by atoms with Crippen LogP contribution in [-0.2, 0) is 26.7 Å². The predicted octanol–water partition coefficient (Wildman–Crippen LogP) is 6.13. The van der Waals surface area contributed by atoms with Gasteiger partial charge in [0.2, 0.25) is 5.91 Å². The van der Waals surface area contributed by atoms with Crippen LogP contribution >= 0.6 is 11.8 Å². The van der Waals surface area contributed by atoms with Crippen molar-refractivity contribution in [3.8, 4) is 0 Å². The molecule has 1 aliphatic rings. The minimum absolute atomic E-state index is 0.0445. The Morgan fingerprint density at radius 2 is 1.56 bits per heavy atom. The fourth-order valence-corrected chi connectivity index (χ4v) is 6.14. The number of carbonyl (C=O) groups excluding carboxylic acids is 1. The van der Waals surface area contributed by atoms with E-state index >= 15 is 0 Å². The second-order valence-corrected chi connectivity index (χ2v) is 12.2. The Bertz CT molecular complexity index is 1260. The number of anilines is 2. The third-order valence-electron chi connectivity index (χ3n) is 5.97. The van der Waals surface area contributed by atoms with E-state index in [1.54, 1.807) is 36.0 Å². The molecule has 0 bridgehead atoms. The van der Waals surface area contributed by atoms with E-state index in [0.29, 0.717) is 11.4 Å². The Kier molecular flexibility index (Phi) is 6.78. The summed E-state index contributed by atoms with van der Waals surface area (Å²) in [6.07, 6.45) is 0.949. The van der Waals surface area contributed by atoms with Crippen LogP contribution in [0.3, 0.4) is 0 Å². The molecule has 3 aromatic carbocycles. The molecule has 3 aromatic rings. The van der Waals surface area contributed by atoms with E-state index in [1.807, 2.05) is 41.3 Å². The average molecular weight is 495 g/mol. The predicted molar refractivity (Wildman–Crippen MR) is 141 cm³/mol. The van der Waals surface area contributed by atoms with Crippen LogP contribution in [0.1, 0.15) is 49.8 Å². The first kappa shape index (κ1) is 24.4. The molecule has 1 amide bonds. The highest BCUT2D eigenvalue weighted by atomic mass is 32.2. The molecular weight excluding hydrogens is 464 g/mol. The summed E-state index contributed by atoms with van der Waals surface area (Å²) >= 11 is 1.57. The normalized spacial score (nSPS) is 16.6. The van der Waals surface area contributed by atoms with Crippen molar-refractivity contribution in [3.05, 3.63) is 89.5 Å². The van der Waals surface area contributed by atoms with Gasteiger partial charge in [-0.2, -0.15) is 0 Å².